The van der Waals surface area contributed by atoms with E-state index >= 15 is 0 Å². The Labute approximate surface area is 166 Å². The topological polar surface area (TPSA) is 78.8 Å². The standard InChI is InChI=1S/C21H28N4O3/c1-16(26)14-24(2)18-8-10-25(11-9-18)21(27)19-12-23-20(13-22-19)28-15-17-6-4-3-5-7-17/h3-7,12-13,16,18,26H,8-11,14-15H2,1-2H3. The van der Waals surface area contributed by atoms with Crippen molar-refractivity contribution in [3.8, 4) is 5.88 Å². The third-order valence-electron chi connectivity index (χ3n) is 5.00. The SMILES string of the molecule is CC(O)CN(C)C1CCN(C(=O)c2cnc(OCc3ccccc3)cn2)CC1. The fourth-order valence-electron chi connectivity index (χ4n) is 3.47. The van der Waals surface area contributed by atoms with Gasteiger partial charge < -0.3 is 19.6 Å². The molecule has 7 heteroatoms. The molecule has 2 heterocycles. The summed E-state index contributed by atoms with van der Waals surface area (Å²) in [5, 5.41) is 9.54. The average Bonchev–Trinajstić information content (AvgIpc) is 2.72. The van der Waals surface area contributed by atoms with Crippen molar-refractivity contribution in [2.45, 2.75) is 38.5 Å². The zero-order chi connectivity index (χ0) is 19.9. The molecule has 3 rings (SSSR count). The molecule has 0 aliphatic carbocycles. The Morgan fingerprint density at radius 1 is 1.25 bits per heavy atom. The summed E-state index contributed by atoms with van der Waals surface area (Å²) in [5.41, 5.74) is 1.38. The van der Waals surface area contributed by atoms with Gasteiger partial charge in [0.25, 0.3) is 5.91 Å². The molecule has 28 heavy (non-hydrogen) atoms. The highest BCUT2D eigenvalue weighted by molar-refractivity contribution is 5.92. The highest BCUT2D eigenvalue weighted by atomic mass is 16.5. The van der Waals surface area contributed by atoms with Crippen LogP contribution in [-0.2, 0) is 6.61 Å². The molecule has 1 atom stereocenters. The summed E-state index contributed by atoms with van der Waals surface area (Å²) in [7, 11) is 2.02. The van der Waals surface area contributed by atoms with Crippen LogP contribution in [0.3, 0.4) is 0 Å². The second-order valence-electron chi connectivity index (χ2n) is 7.33. The van der Waals surface area contributed by atoms with Crippen molar-refractivity contribution in [2.75, 3.05) is 26.7 Å². The molecule has 1 aromatic heterocycles. The van der Waals surface area contributed by atoms with Crippen LogP contribution >= 0.6 is 0 Å². The Hall–Kier alpha value is -2.51. The van der Waals surface area contributed by atoms with Crippen molar-refractivity contribution in [3.05, 3.63) is 54.0 Å². The molecule has 1 aromatic carbocycles. The van der Waals surface area contributed by atoms with Crippen LogP contribution in [0.25, 0.3) is 0 Å². The Bertz CT molecular complexity index is 744. The van der Waals surface area contributed by atoms with Crippen molar-refractivity contribution in [2.24, 2.45) is 0 Å². The van der Waals surface area contributed by atoms with Crippen LogP contribution in [0.5, 0.6) is 5.88 Å². The minimum atomic E-state index is -0.345. The van der Waals surface area contributed by atoms with Crippen LogP contribution in [-0.4, -0.2) is 69.6 Å². The van der Waals surface area contributed by atoms with Gasteiger partial charge in [-0.1, -0.05) is 30.3 Å². The minimum absolute atomic E-state index is 0.0984. The maximum absolute atomic E-state index is 12.7. The number of aliphatic hydroxyl groups is 1. The van der Waals surface area contributed by atoms with Gasteiger partial charge in [-0.05, 0) is 32.4 Å². The van der Waals surface area contributed by atoms with Crippen molar-refractivity contribution in [1.82, 2.24) is 19.8 Å². The van der Waals surface area contributed by atoms with Gasteiger partial charge in [0.2, 0.25) is 5.88 Å². The Kier molecular flexibility index (Phi) is 6.95. The second-order valence-corrected chi connectivity index (χ2v) is 7.33. The molecule has 0 radical (unpaired) electrons. The summed E-state index contributed by atoms with van der Waals surface area (Å²) in [6.45, 7) is 4.22. The molecule has 2 aromatic rings. The van der Waals surface area contributed by atoms with E-state index in [0.29, 0.717) is 43.9 Å². The number of aliphatic hydroxyl groups excluding tert-OH is 1. The highest BCUT2D eigenvalue weighted by Gasteiger charge is 2.27. The molecule has 1 N–H and O–H groups in total. The predicted molar refractivity (Wildman–Crippen MR) is 106 cm³/mol. The van der Waals surface area contributed by atoms with E-state index in [0.717, 1.165) is 18.4 Å². The van der Waals surface area contributed by atoms with Crippen LogP contribution in [0.15, 0.2) is 42.7 Å². The number of carbonyl (C=O) groups excluding carboxylic acids is 1. The highest BCUT2D eigenvalue weighted by Crippen LogP contribution is 2.18. The summed E-state index contributed by atoms with van der Waals surface area (Å²) >= 11 is 0. The normalized spacial score (nSPS) is 16.2. The number of hydrogen-bond acceptors (Lipinski definition) is 6. The molecule has 0 saturated carbocycles. The van der Waals surface area contributed by atoms with Crippen molar-refractivity contribution >= 4 is 5.91 Å². The van der Waals surface area contributed by atoms with Gasteiger partial charge >= 0.3 is 0 Å². The van der Waals surface area contributed by atoms with Gasteiger partial charge in [0.15, 0.2) is 0 Å². The molecule has 1 amide bonds. The molecule has 1 fully saturated rings. The maximum Gasteiger partial charge on any atom is 0.274 e. The van der Waals surface area contributed by atoms with Gasteiger partial charge in [-0.15, -0.1) is 0 Å². The first-order valence-electron chi connectivity index (χ1n) is 9.69. The number of aromatic nitrogens is 2. The first kappa shape index (κ1) is 20.2. The second kappa shape index (κ2) is 9.61. The van der Waals surface area contributed by atoms with Gasteiger partial charge in [0.1, 0.15) is 12.3 Å². The maximum atomic E-state index is 12.7. The number of nitrogens with zero attached hydrogens (tertiary/aromatic N) is 4. The minimum Gasteiger partial charge on any atom is -0.472 e. The van der Waals surface area contributed by atoms with Gasteiger partial charge in [-0.25, -0.2) is 9.97 Å². The number of amides is 1. The van der Waals surface area contributed by atoms with E-state index in [1.54, 1.807) is 6.92 Å². The number of rotatable bonds is 7. The third-order valence-corrected chi connectivity index (χ3v) is 5.00. The fourth-order valence-corrected chi connectivity index (χ4v) is 3.47. The lowest BCUT2D eigenvalue weighted by Crippen LogP contribution is -2.47. The Morgan fingerprint density at radius 2 is 1.96 bits per heavy atom. The van der Waals surface area contributed by atoms with Crippen LogP contribution in [0, 0.1) is 0 Å². The van der Waals surface area contributed by atoms with Gasteiger partial charge in [0, 0.05) is 25.7 Å². The van der Waals surface area contributed by atoms with Crippen LogP contribution < -0.4 is 4.74 Å². The largest absolute Gasteiger partial charge is 0.472 e. The number of carbonyl (C=O) groups is 1. The number of hydrogen-bond donors (Lipinski definition) is 1. The van der Waals surface area contributed by atoms with Gasteiger partial charge in [-0.2, -0.15) is 0 Å². The smallest absolute Gasteiger partial charge is 0.274 e. The van der Waals surface area contributed by atoms with Gasteiger partial charge in [-0.3, -0.25) is 4.79 Å². The molecular formula is C21H28N4O3. The Balaban J connectivity index is 1.49. The van der Waals surface area contributed by atoms with E-state index in [9.17, 15) is 9.90 Å². The number of piperidine rings is 1. The molecule has 0 spiro atoms. The third kappa shape index (κ3) is 5.50. The summed E-state index contributed by atoms with van der Waals surface area (Å²) in [6, 6.07) is 10.2. The molecule has 1 aliphatic heterocycles. The molecule has 150 valence electrons. The zero-order valence-corrected chi connectivity index (χ0v) is 16.5. The lowest BCUT2D eigenvalue weighted by atomic mass is 10.0. The molecule has 0 bridgehead atoms. The van der Waals surface area contributed by atoms with Crippen molar-refractivity contribution < 1.29 is 14.6 Å². The van der Waals surface area contributed by atoms with E-state index in [2.05, 4.69) is 14.9 Å². The monoisotopic (exact) mass is 384 g/mol. The van der Waals surface area contributed by atoms with E-state index in [4.69, 9.17) is 4.74 Å². The zero-order valence-electron chi connectivity index (χ0n) is 16.5. The first-order chi connectivity index (χ1) is 13.5. The molecule has 1 aliphatic rings. The summed E-state index contributed by atoms with van der Waals surface area (Å²) in [6.07, 6.45) is 4.41. The quantitative estimate of drug-likeness (QED) is 0.786. The summed E-state index contributed by atoms with van der Waals surface area (Å²) in [5.74, 6) is 0.303. The number of likely N-dealkylation sites (tertiary alicyclic amines) is 1. The van der Waals surface area contributed by atoms with E-state index in [1.807, 2.05) is 42.3 Å². The van der Waals surface area contributed by atoms with Crippen LogP contribution in [0.2, 0.25) is 0 Å². The van der Waals surface area contributed by atoms with Gasteiger partial charge in [0.05, 0.1) is 18.5 Å². The molecular weight excluding hydrogens is 356 g/mol. The summed E-state index contributed by atoms with van der Waals surface area (Å²) < 4.78 is 5.62. The van der Waals surface area contributed by atoms with Crippen LogP contribution in [0.1, 0.15) is 35.8 Å². The summed E-state index contributed by atoms with van der Waals surface area (Å²) in [4.78, 5) is 25.1. The lowest BCUT2D eigenvalue weighted by molar-refractivity contribution is 0.0572. The predicted octanol–water partition coefficient (Wildman–Crippen LogP) is 1.97. The lowest BCUT2D eigenvalue weighted by Gasteiger charge is -2.37. The van der Waals surface area contributed by atoms with E-state index in [1.165, 1.54) is 12.4 Å². The Morgan fingerprint density at radius 3 is 2.57 bits per heavy atom. The number of ether oxygens (including phenoxy) is 1. The van der Waals surface area contributed by atoms with Crippen molar-refractivity contribution in [1.29, 1.82) is 0 Å². The molecule has 7 nitrogen and oxygen atoms in total. The van der Waals surface area contributed by atoms with E-state index in [-0.39, 0.29) is 12.0 Å². The first-order valence-corrected chi connectivity index (χ1v) is 9.69. The van der Waals surface area contributed by atoms with Crippen LogP contribution in [0.4, 0.5) is 0 Å². The van der Waals surface area contributed by atoms with Crippen molar-refractivity contribution in [3.63, 3.8) is 0 Å². The number of benzene rings is 1. The average molecular weight is 384 g/mol. The molecule has 1 unspecified atom stereocenters. The fraction of sp³-hybridized carbons (Fsp3) is 0.476. The molecule has 1 saturated heterocycles. The van der Waals surface area contributed by atoms with E-state index < -0.39 is 0 Å². The number of likely N-dealkylation sites (N-methyl/N-ethyl adjacent to an activating group) is 1.